The number of halogens is 2. The summed E-state index contributed by atoms with van der Waals surface area (Å²) in [4.78, 5) is 4.14. The van der Waals surface area contributed by atoms with Crippen molar-refractivity contribution in [1.82, 2.24) is 4.90 Å². The summed E-state index contributed by atoms with van der Waals surface area (Å²) in [5, 5.41) is 0. The summed E-state index contributed by atoms with van der Waals surface area (Å²) in [6.45, 7) is 1.55. The average molecular weight is 267 g/mol. The molecule has 0 amide bonds. The van der Waals surface area contributed by atoms with Gasteiger partial charge in [-0.25, -0.2) is 8.78 Å². The molecule has 4 rings (SSSR count). The molecule has 3 aliphatic rings. The molecule has 1 aromatic rings. The van der Waals surface area contributed by atoms with E-state index in [4.69, 9.17) is 5.73 Å². The van der Waals surface area contributed by atoms with Crippen molar-refractivity contribution in [3.63, 3.8) is 0 Å². The molecule has 0 spiro atoms. The number of anilines is 2. The van der Waals surface area contributed by atoms with Gasteiger partial charge in [0.15, 0.2) is 0 Å². The van der Waals surface area contributed by atoms with E-state index in [2.05, 4.69) is 9.80 Å². The van der Waals surface area contributed by atoms with Gasteiger partial charge in [-0.2, -0.15) is 0 Å². The Hall–Kier alpha value is -1.36. The molecule has 0 aromatic heterocycles. The molecule has 19 heavy (non-hydrogen) atoms. The summed E-state index contributed by atoms with van der Waals surface area (Å²) in [7, 11) is 1.94. The molecule has 0 saturated carbocycles. The summed E-state index contributed by atoms with van der Waals surface area (Å²) in [5.41, 5.74) is 7.35. The Balaban J connectivity index is 1.88. The van der Waals surface area contributed by atoms with E-state index in [1.54, 1.807) is 0 Å². The Kier molecular flexibility index (Phi) is 2.89. The van der Waals surface area contributed by atoms with Gasteiger partial charge in [-0.05, 0) is 31.3 Å². The minimum absolute atomic E-state index is 0.0281. The molecule has 3 heterocycles. The van der Waals surface area contributed by atoms with Crippen molar-refractivity contribution in [2.45, 2.75) is 18.4 Å². The Bertz CT molecular complexity index is 460. The molecule has 2 unspecified atom stereocenters. The topological polar surface area (TPSA) is 32.5 Å². The zero-order chi connectivity index (χ0) is 13.6. The van der Waals surface area contributed by atoms with Crippen LogP contribution >= 0.6 is 0 Å². The van der Waals surface area contributed by atoms with Crippen LogP contribution in [0.2, 0.25) is 0 Å². The second-order valence-corrected chi connectivity index (χ2v) is 5.75. The number of alkyl halides is 2. The van der Waals surface area contributed by atoms with Crippen LogP contribution in [0.1, 0.15) is 6.42 Å². The maximum Gasteiger partial charge on any atom is 0.255 e. The molecule has 2 N–H and O–H groups in total. The maximum absolute atomic E-state index is 14.0. The summed E-state index contributed by atoms with van der Waals surface area (Å²) in [6.07, 6.45) is -0.0281. The van der Waals surface area contributed by atoms with E-state index in [1.807, 2.05) is 31.3 Å². The van der Waals surface area contributed by atoms with Crippen LogP contribution < -0.4 is 10.6 Å². The first-order valence-corrected chi connectivity index (χ1v) is 6.64. The largest absolute Gasteiger partial charge is 0.399 e. The van der Waals surface area contributed by atoms with Gasteiger partial charge in [-0.1, -0.05) is 0 Å². The van der Waals surface area contributed by atoms with Crippen molar-refractivity contribution < 1.29 is 8.78 Å². The minimum atomic E-state index is -2.54. The van der Waals surface area contributed by atoms with Crippen molar-refractivity contribution in [3.05, 3.63) is 24.3 Å². The van der Waals surface area contributed by atoms with E-state index in [0.717, 1.165) is 5.69 Å². The van der Waals surface area contributed by atoms with Crippen LogP contribution in [0.5, 0.6) is 0 Å². The predicted molar refractivity (Wildman–Crippen MR) is 72.5 cm³/mol. The Labute approximate surface area is 112 Å². The maximum atomic E-state index is 14.0. The molecule has 0 aliphatic carbocycles. The molecule has 3 aliphatic heterocycles. The number of nitrogens with zero attached hydrogens (tertiary/aromatic N) is 2. The molecule has 2 atom stereocenters. The first-order chi connectivity index (χ1) is 8.95. The van der Waals surface area contributed by atoms with Gasteiger partial charge in [0, 0.05) is 43.5 Å². The lowest BCUT2D eigenvalue weighted by Gasteiger charge is -2.38. The summed E-state index contributed by atoms with van der Waals surface area (Å²) < 4.78 is 28.0. The molecule has 3 nitrogen and oxygen atoms in total. The summed E-state index contributed by atoms with van der Waals surface area (Å²) in [5.74, 6) is -3.13. The molecule has 0 radical (unpaired) electrons. The predicted octanol–water partition coefficient (Wildman–Crippen LogP) is 2.04. The third-order valence-electron chi connectivity index (χ3n) is 4.37. The number of rotatable bonds is 1. The second-order valence-electron chi connectivity index (χ2n) is 5.75. The molecule has 3 fully saturated rings. The zero-order valence-electron chi connectivity index (χ0n) is 11.0. The van der Waals surface area contributed by atoms with Crippen molar-refractivity contribution in [3.8, 4) is 0 Å². The zero-order valence-corrected chi connectivity index (χ0v) is 11.0. The minimum Gasteiger partial charge on any atom is -0.399 e. The molecular formula is C14H19F2N3. The third kappa shape index (κ3) is 2.27. The number of benzene rings is 1. The van der Waals surface area contributed by atoms with Crippen LogP contribution in [0.4, 0.5) is 20.2 Å². The van der Waals surface area contributed by atoms with Crippen LogP contribution in [0.15, 0.2) is 24.3 Å². The standard InChI is InChI=1S/C14H19F2N3/c1-18-7-10-8-19(9-13(18)6-14(10,15)16)12-4-2-11(17)3-5-12/h2-5,10,13H,6-9,17H2,1H3. The van der Waals surface area contributed by atoms with E-state index in [-0.39, 0.29) is 12.5 Å². The van der Waals surface area contributed by atoms with Gasteiger partial charge >= 0.3 is 0 Å². The fourth-order valence-corrected chi connectivity index (χ4v) is 3.15. The van der Waals surface area contributed by atoms with Crippen molar-refractivity contribution in [2.75, 3.05) is 37.3 Å². The van der Waals surface area contributed by atoms with Crippen LogP contribution in [-0.4, -0.2) is 43.5 Å². The fraction of sp³-hybridized carbons (Fsp3) is 0.571. The van der Waals surface area contributed by atoms with E-state index >= 15 is 0 Å². The highest BCUT2D eigenvalue weighted by atomic mass is 19.3. The molecular weight excluding hydrogens is 248 g/mol. The lowest BCUT2D eigenvalue weighted by atomic mass is 9.91. The highest BCUT2D eigenvalue weighted by Crippen LogP contribution is 2.40. The average Bonchev–Trinajstić information content (AvgIpc) is 2.57. The van der Waals surface area contributed by atoms with Crippen molar-refractivity contribution in [1.29, 1.82) is 0 Å². The highest BCUT2D eigenvalue weighted by molar-refractivity contribution is 5.53. The summed E-state index contributed by atoms with van der Waals surface area (Å²) in [6, 6.07) is 7.40. The number of hydrogen-bond acceptors (Lipinski definition) is 3. The van der Waals surface area contributed by atoms with Crippen LogP contribution in [0.25, 0.3) is 0 Å². The smallest absolute Gasteiger partial charge is 0.255 e. The van der Waals surface area contributed by atoms with Crippen molar-refractivity contribution >= 4 is 11.4 Å². The van der Waals surface area contributed by atoms with Gasteiger partial charge < -0.3 is 15.5 Å². The molecule has 3 saturated heterocycles. The van der Waals surface area contributed by atoms with Crippen LogP contribution in [0, 0.1) is 5.92 Å². The monoisotopic (exact) mass is 267 g/mol. The number of likely N-dealkylation sites (N-methyl/N-ethyl adjacent to an activating group) is 1. The molecule has 2 bridgehead atoms. The third-order valence-corrected chi connectivity index (χ3v) is 4.37. The Morgan fingerprint density at radius 1 is 1.16 bits per heavy atom. The Morgan fingerprint density at radius 3 is 2.53 bits per heavy atom. The molecule has 104 valence electrons. The Morgan fingerprint density at radius 2 is 1.84 bits per heavy atom. The van der Waals surface area contributed by atoms with E-state index in [0.29, 0.717) is 25.3 Å². The van der Waals surface area contributed by atoms with Crippen LogP contribution in [-0.2, 0) is 0 Å². The normalized spacial score (nSPS) is 30.4. The first kappa shape index (κ1) is 12.7. The van der Waals surface area contributed by atoms with Gasteiger partial charge in [-0.3, -0.25) is 0 Å². The number of nitrogen functional groups attached to an aromatic ring is 1. The van der Waals surface area contributed by atoms with E-state index < -0.39 is 11.8 Å². The van der Waals surface area contributed by atoms with Gasteiger partial charge in [0.05, 0.1) is 5.92 Å². The van der Waals surface area contributed by atoms with Gasteiger partial charge in [0.2, 0.25) is 0 Å². The number of hydrogen-bond donors (Lipinski definition) is 1. The van der Waals surface area contributed by atoms with Gasteiger partial charge in [0.25, 0.3) is 5.92 Å². The van der Waals surface area contributed by atoms with Crippen molar-refractivity contribution in [2.24, 2.45) is 5.92 Å². The fourth-order valence-electron chi connectivity index (χ4n) is 3.15. The number of piperidine rings is 1. The van der Waals surface area contributed by atoms with E-state index in [9.17, 15) is 8.78 Å². The van der Waals surface area contributed by atoms with Crippen LogP contribution in [0.3, 0.4) is 0 Å². The van der Waals surface area contributed by atoms with Gasteiger partial charge in [-0.15, -0.1) is 0 Å². The number of fused-ring (bicyclic) bond motifs is 4. The van der Waals surface area contributed by atoms with E-state index in [1.165, 1.54) is 0 Å². The quantitative estimate of drug-likeness (QED) is 0.790. The molecule has 1 aromatic carbocycles. The summed E-state index contributed by atoms with van der Waals surface area (Å²) >= 11 is 0. The molecule has 5 heteroatoms. The van der Waals surface area contributed by atoms with Gasteiger partial charge in [0.1, 0.15) is 0 Å². The first-order valence-electron chi connectivity index (χ1n) is 6.64. The number of nitrogens with two attached hydrogens (primary N) is 1. The second kappa shape index (κ2) is 4.34. The SMILES string of the molecule is CN1CC2CN(c3ccc(N)cc3)CC1CC2(F)F. The lowest BCUT2D eigenvalue weighted by Crippen LogP contribution is -2.50. The lowest BCUT2D eigenvalue weighted by molar-refractivity contribution is -0.106. The highest BCUT2D eigenvalue weighted by Gasteiger charge is 2.50.